The maximum Gasteiger partial charge on any atom is 0.265 e. The number of rotatable bonds is 7. The van der Waals surface area contributed by atoms with Gasteiger partial charge in [0.15, 0.2) is 0 Å². The molecule has 0 aromatic rings. The van der Waals surface area contributed by atoms with Gasteiger partial charge in [-0.3, -0.25) is 4.55 Å². The molecule has 0 heterocycles. The first-order valence-corrected chi connectivity index (χ1v) is 7.91. The zero-order valence-corrected chi connectivity index (χ0v) is 14.1. The molecule has 0 spiro atoms. The molecule has 0 aromatic carbocycles. The molecule has 0 unspecified atom stereocenters. The molecule has 0 saturated carbocycles. The van der Waals surface area contributed by atoms with Crippen molar-refractivity contribution in [2.24, 2.45) is 0 Å². The predicted octanol–water partition coefficient (Wildman–Crippen LogP) is 0.803. The first-order chi connectivity index (χ1) is 6.99. The Labute approximate surface area is 140 Å². The van der Waals surface area contributed by atoms with Gasteiger partial charge in [0.2, 0.25) is 0 Å². The average molecular weight is 287 g/mol. The van der Waals surface area contributed by atoms with Crippen LogP contribution in [0.3, 0.4) is 0 Å². The molecule has 0 aliphatic carbocycles. The van der Waals surface area contributed by atoms with Gasteiger partial charge in [0.25, 0.3) is 10.1 Å². The third-order valence-electron chi connectivity index (χ3n) is 1.75. The topological polar surface area (TPSA) is 102 Å². The van der Waals surface area contributed by atoms with E-state index >= 15 is 0 Å². The molecule has 0 amide bonds. The molecule has 0 bridgehead atoms. The molecule has 0 saturated heterocycles. The van der Waals surface area contributed by atoms with Gasteiger partial charge in [0, 0.05) is 64.2 Å². The maximum absolute atomic E-state index is 10.5. The van der Waals surface area contributed by atoms with E-state index in [0.29, 0.717) is 31.3 Å². The summed E-state index contributed by atoms with van der Waals surface area (Å²) in [5, 5.41) is 16.8. The SMILES string of the molecule is N#CCCP(CCC#N)CCS(=O)(=O)O.[K]. The monoisotopic (exact) mass is 287 g/mol. The Morgan fingerprint density at radius 2 is 1.50 bits per heavy atom. The maximum atomic E-state index is 10.5. The van der Waals surface area contributed by atoms with Crippen molar-refractivity contribution in [1.29, 1.82) is 10.5 Å². The third-order valence-corrected chi connectivity index (χ3v) is 5.34. The van der Waals surface area contributed by atoms with Gasteiger partial charge in [-0.2, -0.15) is 18.9 Å². The van der Waals surface area contributed by atoms with Crippen LogP contribution in [0.1, 0.15) is 12.8 Å². The predicted molar refractivity (Wildman–Crippen MR) is 64.2 cm³/mol. The molecule has 0 fully saturated rings. The van der Waals surface area contributed by atoms with Crippen molar-refractivity contribution < 1.29 is 13.0 Å². The van der Waals surface area contributed by atoms with Crippen molar-refractivity contribution in [3.63, 3.8) is 0 Å². The van der Waals surface area contributed by atoms with Gasteiger partial charge in [-0.1, -0.05) is 0 Å². The van der Waals surface area contributed by atoms with Crippen LogP contribution in [0.5, 0.6) is 0 Å². The van der Waals surface area contributed by atoms with Crippen LogP contribution in [0, 0.1) is 22.7 Å². The van der Waals surface area contributed by atoms with Crippen molar-refractivity contribution in [1.82, 2.24) is 0 Å². The Balaban J connectivity index is 0. The fourth-order valence-electron chi connectivity index (χ4n) is 0.996. The smallest absolute Gasteiger partial charge is 0.265 e. The van der Waals surface area contributed by atoms with E-state index in [1.54, 1.807) is 0 Å². The van der Waals surface area contributed by atoms with Gasteiger partial charge in [-0.15, -0.1) is 7.92 Å². The summed E-state index contributed by atoms with van der Waals surface area (Å²) in [5.41, 5.74) is 0. The van der Waals surface area contributed by atoms with Crippen molar-refractivity contribution >= 4 is 69.4 Å². The van der Waals surface area contributed by atoms with Crippen LogP contribution in [0.4, 0.5) is 0 Å². The van der Waals surface area contributed by atoms with Gasteiger partial charge in [-0.25, -0.2) is 0 Å². The van der Waals surface area contributed by atoms with Crippen LogP contribution in [-0.4, -0.2) is 88.6 Å². The number of hydrogen-bond donors (Lipinski definition) is 1. The Bertz CT molecular complexity index is 342. The number of hydrogen-bond acceptors (Lipinski definition) is 4. The molecule has 8 heteroatoms. The van der Waals surface area contributed by atoms with Crippen LogP contribution in [-0.2, 0) is 10.1 Å². The zero-order chi connectivity index (χ0) is 11.7. The van der Waals surface area contributed by atoms with E-state index in [2.05, 4.69) is 0 Å². The molecule has 0 aromatic heterocycles. The summed E-state index contributed by atoms with van der Waals surface area (Å²) in [6.45, 7) is 0. The number of nitriles is 2. The number of nitrogens with zero attached hydrogens (tertiary/aromatic N) is 2. The molecular formula is C8H13KN2O3PS. The van der Waals surface area contributed by atoms with Gasteiger partial charge < -0.3 is 0 Å². The van der Waals surface area contributed by atoms with Crippen molar-refractivity contribution in [2.45, 2.75) is 12.8 Å². The minimum Gasteiger partial charge on any atom is -0.286 e. The Hall–Kier alpha value is 0.956. The standard InChI is InChI=1S/C8H13N2O3PS.K/c9-3-1-5-14(6-2-4-10)7-8-15(11,12)13;/h1-2,5-8H2,(H,11,12,13);. The van der Waals surface area contributed by atoms with E-state index in [1.165, 1.54) is 0 Å². The summed E-state index contributed by atoms with van der Waals surface area (Å²) in [6.07, 6.45) is 2.41. The quantitative estimate of drug-likeness (QED) is 0.424. The van der Waals surface area contributed by atoms with Crippen molar-refractivity contribution in [3.05, 3.63) is 0 Å². The van der Waals surface area contributed by atoms with Gasteiger partial charge in [-0.05, 0) is 18.5 Å². The molecule has 16 heavy (non-hydrogen) atoms. The van der Waals surface area contributed by atoms with Crippen molar-refractivity contribution in [2.75, 3.05) is 24.2 Å². The summed E-state index contributed by atoms with van der Waals surface area (Å²) < 4.78 is 29.6. The summed E-state index contributed by atoms with van der Waals surface area (Å²) in [4.78, 5) is 0. The normalized spacial score (nSPS) is 10.2. The van der Waals surface area contributed by atoms with Gasteiger partial charge in [0.05, 0.1) is 17.9 Å². The second kappa shape index (κ2) is 11.1. The third kappa shape index (κ3) is 13.0. The van der Waals surface area contributed by atoms with Crippen LogP contribution < -0.4 is 0 Å². The van der Waals surface area contributed by atoms with Gasteiger partial charge >= 0.3 is 0 Å². The average Bonchev–Trinajstić information content (AvgIpc) is 2.15. The van der Waals surface area contributed by atoms with Gasteiger partial charge in [0.1, 0.15) is 0 Å². The van der Waals surface area contributed by atoms with Crippen LogP contribution in [0.15, 0.2) is 0 Å². The summed E-state index contributed by atoms with van der Waals surface area (Å²) in [6, 6.07) is 3.99. The largest absolute Gasteiger partial charge is 0.286 e. The molecule has 0 rings (SSSR count). The molecular weight excluding hydrogens is 274 g/mol. The molecule has 0 atom stereocenters. The first kappa shape index (κ1) is 19.3. The molecule has 1 N–H and O–H groups in total. The van der Waals surface area contributed by atoms with E-state index in [4.69, 9.17) is 15.1 Å². The molecule has 1 radical (unpaired) electrons. The van der Waals surface area contributed by atoms with E-state index in [1.807, 2.05) is 12.1 Å². The summed E-state index contributed by atoms with van der Waals surface area (Å²) in [7, 11) is -4.54. The summed E-state index contributed by atoms with van der Waals surface area (Å²) in [5.74, 6) is -0.268. The first-order valence-electron chi connectivity index (χ1n) is 4.41. The second-order valence-corrected chi connectivity index (χ2v) is 7.20. The Morgan fingerprint density at radius 3 is 1.81 bits per heavy atom. The Morgan fingerprint density at radius 1 is 1.06 bits per heavy atom. The van der Waals surface area contributed by atoms with E-state index in [0.717, 1.165) is 0 Å². The van der Waals surface area contributed by atoms with E-state index in [-0.39, 0.29) is 57.1 Å². The fraction of sp³-hybridized carbons (Fsp3) is 0.750. The summed E-state index contributed by atoms with van der Waals surface area (Å²) >= 11 is 0. The fourth-order valence-corrected chi connectivity index (χ4v) is 4.46. The van der Waals surface area contributed by atoms with Crippen LogP contribution >= 0.6 is 7.92 Å². The molecule has 0 aliphatic rings. The minimum atomic E-state index is -3.92. The zero-order valence-electron chi connectivity index (χ0n) is 9.26. The second-order valence-electron chi connectivity index (χ2n) is 2.94. The Kier molecular flexibility index (Phi) is 13.4. The minimum absolute atomic E-state index is 0. The van der Waals surface area contributed by atoms with E-state index < -0.39 is 18.0 Å². The van der Waals surface area contributed by atoms with Crippen molar-refractivity contribution in [3.8, 4) is 12.1 Å². The molecule has 0 aliphatic heterocycles. The van der Waals surface area contributed by atoms with Crippen LogP contribution in [0.25, 0.3) is 0 Å². The van der Waals surface area contributed by atoms with Crippen LogP contribution in [0.2, 0.25) is 0 Å². The van der Waals surface area contributed by atoms with E-state index in [9.17, 15) is 8.42 Å². The molecule has 85 valence electrons. The molecule has 5 nitrogen and oxygen atoms in total.